The third kappa shape index (κ3) is 2.13. The lowest BCUT2D eigenvalue weighted by Crippen LogP contribution is -2.29. The number of imidazole rings is 1. The zero-order valence-electron chi connectivity index (χ0n) is 8.36. The maximum Gasteiger partial charge on any atom is 0.240 e. The molecule has 0 atom stereocenters. The topological polar surface area (TPSA) is 46.9 Å². The summed E-state index contributed by atoms with van der Waals surface area (Å²) < 4.78 is 1.90. The van der Waals surface area contributed by atoms with Crippen LogP contribution in [0, 0.1) is 0 Å². The van der Waals surface area contributed by atoms with Gasteiger partial charge in [0.1, 0.15) is 12.4 Å². The van der Waals surface area contributed by atoms with E-state index in [1.807, 2.05) is 17.7 Å². The van der Waals surface area contributed by atoms with Gasteiger partial charge < -0.3 is 9.88 Å². The summed E-state index contributed by atoms with van der Waals surface area (Å²) in [4.78, 5) is 15.6. The molecule has 1 aromatic rings. The molecule has 0 spiro atoms. The average Bonchev–Trinajstić information content (AvgIpc) is 2.84. The summed E-state index contributed by atoms with van der Waals surface area (Å²) in [5.74, 6) is 1.07. The molecule has 1 N–H and O–H groups in total. The van der Waals surface area contributed by atoms with Crippen LogP contribution in [-0.4, -0.2) is 21.5 Å². The fourth-order valence-corrected chi connectivity index (χ4v) is 1.45. The highest BCUT2D eigenvalue weighted by atomic mass is 16.2. The first kappa shape index (κ1) is 9.24. The summed E-state index contributed by atoms with van der Waals surface area (Å²) in [5.41, 5.74) is 0. The van der Waals surface area contributed by atoms with Crippen molar-refractivity contribution in [3.63, 3.8) is 0 Å². The zero-order valence-corrected chi connectivity index (χ0v) is 8.36. The normalized spacial score (nSPS) is 15.5. The van der Waals surface area contributed by atoms with Gasteiger partial charge in [0, 0.05) is 24.9 Å². The number of aromatic nitrogens is 2. The molecule has 0 unspecified atom stereocenters. The van der Waals surface area contributed by atoms with Gasteiger partial charge >= 0.3 is 0 Å². The minimum absolute atomic E-state index is 0.0974. The first-order chi connectivity index (χ1) is 6.79. The molecule has 1 amide bonds. The van der Waals surface area contributed by atoms with Crippen LogP contribution in [0.15, 0.2) is 12.4 Å². The molecule has 1 aliphatic carbocycles. The van der Waals surface area contributed by atoms with Gasteiger partial charge in [0.25, 0.3) is 0 Å². The summed E-state index contributed by atoms with van der Waals surface area (Å²) in [6.07, 6.45) is 6.73. The van der Waals surface area contributed by atoms with Gasteiger partial charge in [-0.05, 0) is 12.8 Å². The molecule has 0 aromatic carbocycles. The van der Waals surface area contributed by atoms with Crippen molar-refractivity contribution in [2.75, 3.05) is 0 Å². The first-order valence-electron chi connectivity index (χ1n) is 5.09. The Morgan fingerprint density at radius 1 is 1.71 bits per heavy atom. The minimum Gasteiger partial charge on any atom is -0.352 e. The van der Waals surface area contributed by atoms with E-state index in [1.54, 1.807) is 6.20 Å². The molecule has 14 heavy (non-hydrogen) atoms. The lowest BCUT2D eigenvalue weighted by Gasteiger charge is -2.06. The van der Waals surface area contributed by atoms with Gasteiger partial charge in [-0.15, -0.1) is 0 Å². The van der Waals surface area contributed by atoms with Crippen LogP contribution in [0.25, 0.3) is 0 Å². The Morgan fingerprint density at radius 2 is 2.50 bits per heavy atom. The first-order valence-corrected chi connectivity index (χ1v) is 5.09. The predicted octanol–water partition coefficient (Wildman–Crippen LogP) is 0.724. The third-order valence-electron chi connectivity index (χ3n) is 2.37. The van der Waals surface area contributed by atoms with E-state index in [-0.39, 0.29) is 5.91 Å². The number of carbonyl (C=O) groups excluding carboxylic acids is 1. The van der Waals surface area contributed by atoms with Crippen molar-refractivity contribution < 1.29 is 4.79 Å². The third-order valence-corrected chi connectivity index (χ3v) is 2.37. The number of rotatable bonds is 4. The Balaban J connectivity index is 1.91. The van der Waals surface area contributed by atoms with Gasteiger partial charge in [-0.2, -0.15) is 0 Å². The van der Waals surface area contributed by atoms with Crippen LogP contribution < -0.4 is 5.32 Å². The summed E-state index contributed by atoms with van der Waals surface area (Å²) in [5, 5.41) is 2.96. The summed E-state index contributed by atoms with van der Waals surface area (Å²) in [6.45, 7) is 2.44. The molecule has 76 valence electrons. The summed E-state index contributed by atoms with van der Waals surface area (Å²) in [7, 11) is 0. The van der Waals surface area contributed by atoms with Crippen LogP contribution in [-0.2, 0) is 17.8 Å². The molecule has 1 saturated carbocycles. The standard InChI is InChI=1S/C10H15N3O/c1-2-9-11-5-6-13(9)7-10(14)12-8-3-4-8/h5-6,8H,2-4,7H2,1H3,(H,12,14). The van der Waals surface area contributed by atoms with Gasteiger partial charge in [0.2, 0.25) is 5.91 Å². The number of hydrogen-bond donors (Lipinski definition) is 1. The van der Waals surface area contributed by atoms with E-state index in [1.165, 1.54) is 0 Å². The molecular weight excluding hydrogens is 178 g/mol. The SMILES string of the molecule is CCc1nccn1CC(=O)NC1CC1. The number of nitrogens with one attached hydrogen (secondary N) is 1. The van der Waals surface area contributed by atoms with Gasteiger partial charge in [-0.25, -0.2) is 4.98 Å². The van der Waals surface area contributed by atoms with Crippen LogP contribution in [0.2, 0.25) is 0 Å². The van der Waals surface area contributed by atoms with Crippen molar-refractivity contribution in [3.8, 4) is 0 Å². The van der Waals surface area contributed by atoms with Crippen LogP contribution >= 0.6 is 0 Å². The Hall–Kier alpha value is -1.32. The maximum atomic E-state index is 11.5. The molecule has 0 radical (unpaired) electrons. The number of amides is 1. The molecule has 0 bridgehead atoms. The van der Waals surface area contributed by atoms with Crippen molar-refractivity contribution in [3.05, 3.63) is 18.2 Å². The van der Waals surface area contributed by atoms with Gasteiger partial charge in [0.05, 0.1) is 0 Å². The van der Waals surface area contributed by atoms with Gasteiger partial charge in [-0.1, -0.05) is 6.92 Å². The highest BCUT2D eigenvalue weighted by Gasteiger charge is 2.23. The molecule has 0 aliphatic heterocycles. The predicted molar refractivity (Wildman–Crippen MR) is 52.8 cm³/mol. The lowest BCUT2D eigenvalue weighted by molar-refractivity contribution is -0.121. The molecular formula is C10H15N3O. The van der Waals surface area contributed by atoms with Gasteiger partial charge in [-0.3, -0.25) is 4.79 Å². The Kier molecular flexibility index (Phi) is 2.52. The highest BCUT2D eigenvalue weighted by Crippen LogP contribution is 2.18. The van der Waals surface area contributed by atoms with Crippen molar-refractivity contribution >= 4 is 5.91 Å². The van der Waals surface area contributed by atoms with E-state index in [0.29, 0.717) is 12.6 Å². The maximum absolute atomic E-state index is 11.5. The van der Waals surface area contributed by atoms with E-state index in [0.717, 1.165) is 25.1 Å². The van der Waals surface area contributed by atoms with E-state index < -0.39 is 0 Å². The Bertz CT molecular complexity index is 328. The van der Waals surface area contributed by atoms with Crippen LogP contribution in [0.1, 0.15) is 25.6 Å². The Morgan fingerprint density at radius 3 is 3.14 bits per heavy atom. The molecule has 1 fully saturated rings. The van der Waals surface area contributed by atoms with Crippen molar-refractivity contribution in [2.45, 2.75) is 38.8 Å². The highest BCUT2D eigenvalue weighted by molar-refractivity contribution is 5.76. The minimum atomic E-state index is 0.0974. The van der Waals surface area contributed by atoms with Crippen LogP contribution in [0.5, 0.6) is 0 Å². The zero-order chi connectivity index (χ0) is 9.97. The van der Waals surface area contributed by atoms with Crippen molar-refractivity contribution in [1.29, 1.82) is 0 Å². The second kappa shape index (κ2) is 3.82. The fourth-order valence-electron chi connectivity index (χ4n) is 1.45. The largest absolute Gasteiger partial charge is 0.352 e. The molecule has 1 aliphatic rings. The van der Waals surface area contributed by atoms with E-state index >= 15 is 0 Å². The molecule has 0 saturated heterocycles. The van der Waals surface area contributed by atoms with E-state index in [4.69, 9.17) is 0 Å². The summed E-state index contributed by atoms with van der Waals surface area (Å²) >= 11 is 0. The molecule has 4 heteroatoms. The summed E-state index contributed by atoms with van der Waals surface area (Å²) in [6, 6.07) is 0.441. The smallest absolute Gasteiger partial charge is 0.240 e. The van der Waals surface area contributed by atoms with Crippen LogP contribution in [0.4, 0.5) is 0 Å². The van der Waals surface area contributed by atoms with Crippen molar-refractivity contribution in [2.24, 2.45) is 0 Å². The van der Waals surface area contributed by atoms with E-state index in [2.05, 4.69) is 10.3 Å². The number of hydrogen-bond acceptors (Lipinski definition) is 2. The molecule has 4 nitrogen and oxygen atoms in total. The van der Waals surface area contributed by atoms with Gasteiger partial charge in [0.15, 0.2) is 0 Å². The molecule has 1 aromatic heterocycles. The second-order valence-corrected chi connectivity index (χ2v) is 3.67. The van der Waals surface area contributed by atoms with Crippen LogP contribution in [0.3, 0.4) is 0 Å². The fraction of sp³-hybridized carbons (Fsp3) is 0.600. The van der Waals surface area contributed by atoms with E-state index in [9.17, 15) is 4.79 Å². The number of nitrogens with zero attached hydrogens (tertiary/aromatic N) is 2. The quantitative estimate of drug-likeness (QED) is 0.766. The lowest BCUT2D eigenvalue weighted by atomic mass is 10.4. The number of aryl methyl sites for hydroxylation is 1. The number of carbonyl (C=O) groups is 1. The second-order valence-electron chi connectivity index (χ2n) is 3.67. The van der Waals surface area contributed by atoms with Crippen molar-refractivity contribution in [1.82, 2.24) is 14.9 Å². The molecule has 1 heterocycles. The monoisotopic (exact) mass is 193 g/mol. The Labute approximate surface area is 83.3 Å². The average molecular weight is 193 g/mol. The molecule has 2 rings (SSSR count).